The number of aliphatic hydroxyl groups is 4. The lowest BCUT2D eigenvalue weighted by Gasteiger charge is -2.39. The number of rotatable bonds is 46. The monoisotopic (exact) mass is 929 g/mol. The van der Waals surface area contributed by atoms with E-state index in [1.165, 1.54) is 128 Å². The minimum absolute atomic E-state index is 0.119. The zero-order valence-corrected chi connectivity index (χ0v) is 42.2. The quantitative estimate of drug-likeness (QED) is 0.0267. The molecule has 0 saturated carbocycles. The van der Waals surface area contributed by atoms with Crippen LogP contribution in [0.25, 0.3) is 0 Å². The molecule has 0 amide bonds. The van der Waals surface area contributed by atoms with Crippen molar-refractivity contribution in [3.05, 3.63) is 72.9 Å². The van der Waals surface area contributed by atoms with E-state index in [1.807, 2.05) is 0 Å². The summed E-state index contributed by atoms with van der Waals surface area (Å²) in [5.74, 6) is -0.320. The lowest BCUT2D eigenvalue weighted by atomic mass is 9.99. The maximum Gasteiger partial charge on any atom is 0.306 e. The molecule has 1 aliphatic heterocycles. The van der Waals surface area contributed by atoms with Gasteiger partial charge in [-0.25, -0.2) is 0 Å². The van der Waals surface area contributed by atoms with Gasteiger partial charge < -0.3 is 39.4 Å². The predicted molar refractivity (Wildman–Crippen MR) is 274 cm³/mol. The summed E-state index contributed by atoms with van der Waals surface area (Å²) in [5, 5.41) is 40.3. The van der Waals surface area contributed by atoms with Crippen LogP contribution in [0.2, 0.25) is 0 Å². The van der Waals surface area contributed by atoms with Crippen LogP contribution >= 0.6 is 0 Å². The Kier molecular flexibility index (Phi) is 44.5. The van der Waals surface area contributed by atoms with E-state index in [0.29, 0.717) is 13.0 Å². The number of aliphatic hydroxyl groups excluding tert-OH is 4. The fourth-order valence-electron chi connectivity index (χ4n) is 7.93. The van der Waals surface area contributed by atoms with Crippen molar-refractivity contribution in [2.75, 3.05) is 26.4 Å². The van der Waals surface area contributed by atoms with Crippen molar-refractivity contribution in [2.45, 2.75) is 256 Å². The molecular formula is C57H100O9. The van der Waals surface area contributed by atoms with E-state index in [9.17, 15) is 25.2 Å². The van der Waals surface area contributed by atoms with Crippen LogP contribution in [0.3, 0.4) is 0 Å². The first-order valence-corrected chi connectivity index (χ1v) is 27.0. The van der Waals surface area contributed by atoms with Gasteiger partial charge in [-0.05, 0) is 83.5 Å². The van der Waals surface area contributed by atoms with Crippen molar-refractivity contribution in [1.29, 1.82) is 0 Å². The van der Waals surface area contributed by atoms with E-state index in [0.717, 1.165) is 70.6 Å². The van der Waals surface area contributed by atoms with E-state index in [2.05, 4.69) is 86.8 Å². The molecule has 1 rings (SSSR count). The van der Waals surface area contributed by atoms with Crippen LogP contribution in [0, 0.1) is 0 Å². The Balaban J connectivity index is 2.19. The van der Waals surface area contributed by atoms with E-state index >= 15 is 0 Å². The summed E-state index contributed by atoms with van der Waals surface area (Å²) < 4.78 is 22.9. The molecule has 1 aliphatic rings. The highest BCUT2D eigenvalue weighted by molar-refractivity contribution is 5.69. The smallest absolute Gasteiger partial charge is 0.306 e. The van der Waals surface area contributed by atoms with Crippen molar-refractivity contribution in [3.8, 4) is 0 Å². The molecule has 6 unspecified atom stereocenters. The molecular weight excluding hydrogens is 829 g/mol. The Morgan fingerprint density at radius 1 is 0.500 bits per heavy atom. The first-order valence-electron chi connectivity index (χ1n) is 27.0. The third-order valence-electron chi connectivity index (χ3n) is 12.1. The first kappa shape index (κ1) is 61.6. The highest BCUT2D eigenvalue weighted by Gasteiger charge is 2.44. The second-order valence-electron chi connectivity index (χ2n) is 18.3. The van der Waals surface area contributed by atoms with Gasteiger partial charge in [-0.2, -0.15) is 0 Å². The van der Waals surface area contributed by atoms with Crippen molar-refractivity contribution >= 4 is 5.97 Å². The highest BCUT2D eigenvalue weighted by Crippen LogP contribution is 2.23. The largest absolute Gasteiger partial charge is 0.457 e. The number of unbranched alkanes of at least 4 members (excludes halogenated alkanes) is 23. The zero-order chi connectivity index (χ0) is 47.8. The molecule has 4 N–H and O–H groups in total. The molecule has 0 aliphatic carbocycles. The number of ether oxygens (including phenoxy) is 4. The molecule has 0 aromatic carbocycles. The molecule has 1 heterocycles. The number of allylic oxidation sites excluding steroid dienone is 12. The summed E-state index contributed by atoms with van der Waals surface area (Å²) in [7, 11) is 0. The summed E-state index contributed by atoms with van der Waals surface area (Å²) in [4.78, 5) is 12.9. The number of hydrogen-bond acceptors (Lipinski definition) is 9. The van der Waals surface area contributed by atoms with Gasteiger partial charge in [0.25, 0.3) is 0 Å². The Morgan fingerprint density at radius 2 is 0.924 bits per heavy atom. The molecule has 0 radical (unpaired) electrons. The molecule has 382 valence electrons. The van der Waals surface area contributed by atoms with Crippen LogP contribution in [-0.2, 0) is 23.7 Å². The molecule has 66 heavy (non-hydrogen) atoms. The summed E-state index contributed by atoms with van der Waals surface area (Å²) in [6.45, 7) is 4.43. The Labute approximate surface area is 404 Å². The summed E-state index contributed by atoms with van der Waals surface area (Å²) in [6, 6.07) is 0. The van der Waals surface area contributed by atoms with Crippen LogP contribution in [-0.4, -0.2) is 89.6 Å². The molecule has 9 heteroatoms. The molecule has 6 atom stereocenters. The third-order valence-corrected chi connectivity index (χ3v) is 12.1. The average molecular weight is 929 g/mol. The normalized spacial score (nSPS) is 19.9. The average Bonchev–Trinajstić information content (AvgIpc) is 3.32. The number of carbonyl (C=O) groups is 1. The lowest BCUT2D eigenvalue weighted by molar-refractivity contribution is -0.305. The number of carbonyl (C=O) groups excluding carboxylic acids is 1. The van der Waals surface area contributed by atoms with Crippen LogP contribution < -0.4 is 0 Å². The van der Waals surface area contributed by atoms with E-state index in [4.69, 9.17) is 18.9 Å². The second-order valence-corrected chi connectivity index (χ2v) is 18.3. The molecule has 0 aromatic rings. The first-order chi connectivity index (χ1) is 32.4. The lowest BCUT2D eigenvalue weighted by Crippen LogP contribution is -2.59. The summed E-state index contributed by atoms with van der Waals surface area (Å²) >= 11 is 0. The fourth-order valence-corrected chi connectivity index (χ4v) is 7.93. The van der Waals surface area contributed by atoms with Gasteiger partial charge in [-0.15, -0.1) is 0 Å². The maximum atomic E-state index is 12.9. The third kappa shape index (κ3) is 37.6. The SMILES string of the molecule is CC/C=C\C/C=C\C/C=C\C/C=C\CCCCCCCCCCCCC(=O)OC(COCCCCCCCCCCCC/C=C\C/C=C\CCCCC)COC1OC(CO)C(O)C(O)C1O. The Bertz CT molecular complexity index is 1240. The van der Waals surface area contributed by atoms with E-state index in [1.54, 1.807) is 0 Å². The maximum absolute atomic E-state index is 12.9. The summed E-state index contributed by atoms with van der Waals surface area (Å²) in [6.07, 6.45) is 56.5. The predicted octanol–water partition coefficient (Wildman–Crippen LogP) is 13.6. The molecule has 1 saturated heterocycles. The number of esters is 1. The van der Waals surface area contributed by atoms with Crippen LogP contribution in [0.15, 0.2) is 72.9 Å². The fraction of sp³-hybridized carbons (Fsp3) is 0.772. The van der Waals surface area contributed by atoms with Gasteiger partial charge in [0.15, 0.2) is 6.29 Å². The molecule has 0 bridgehead atoms. The second kappa shape index (κ2) is 47.7. The van der Waals surface area contributed by atoms with Gasteiger partial charge >= 0.3 is 5.97 Å². The van der Waals surface area contributed by atoms with Crippen molar-refractivity contribution in [2.24, 2.45) is 0 Å². The standard InChI is InChI=1S/C57H100O9/c1-3-5-7-9-11-13-15-17-19-21-23-25-26-27-28-30-32-34-36-38-40-42-44-46-53(59)65-51(50-64-57-56(62)55(61)54(60)52(48-58)66-57)49-63-47-45-43-41-39-37-35-33-31-29-24-22-20-18-16-14-12-10-8-6-4-2/h5,7,11-14,17-20,23,25,51-52,54-58,60-62H,3-4,6,8-10,15-16,21-22,24,26-50H2,1-2H3/b7-5-,13-11-,14-12-,19-17-,20-18-,25-23-. The van der Waals surface area contributed by atoms with Crippen LogP contribution in [0.4, 0.5) is 0 Å². The molecule has 1 fully saturated rings. The van der Waals surface area contributed by atoms with E-state index in [-0.39, 0.29) is 19.2 Å². The van der Waals surface area contributed by atoms with E-state index < -0.39 is 43.4 Å². The molecule has 0 aromatic heterocycles. The van der Waals surface area contributed by atoms with Gasteiger partial charge in [0.2, 0.25) is 0 Å². The van der Waals surface area contributed by atoms with Gasteiger partial charge in [0, 0.05) is 13.0 Å². The highest BCUT2D eigenvalue weighted by atomic mass is 16.7. The zero-order valence-electron chi connectivity index (χ0n) is 42.2. The van der Waals surface area contributed by atoms with Crippen molar-refractivity contribution in [3.63, 3.8) is 0 Å². The molecule has 0 spiro atoms. The number of hydrogen-bond donors (Lipinski definition) is 4. The van der Waals surface area contributed by atoms with Crippen LogP contribution in [0.5, 0.6) is 0 Å². The Morgan fingerprint density at radius 3 is 1.39 bits per heavy atom. The molecule has 9 nitrogen and oxygen atoms in total. The van der Waals surface area contributed by atoms with Gasteiger partial charge in [0.1, 0.15) is 30.5 Å². The minimum Gasteiger partial charge on any atom is -0.457 e. The van der Waals surface area contributed by atoms with Crippen molar-refractivity contribution < 1.29 is 44.2 Å². The Hall–Kier alpha value is -2.37. The van der Waals surface area contributed by atoms with Gasteiger partial charge in [0.05, 0.1) is 19.8 Å². The topological polar surface area (TPSA) is 135 Å². The van der Waals surface area contributed by atoms with Gasteiger partial charge in [-0.3, -0.25) is 4.79 Å². The summed E-state index contributed by atoms with van der Waals surface area (Å²) in [5.41, 5.74) is 0. The van der Waals surface area contributed by atoms with Crippen molar-refractivity contribution in [1.82, 2.24) is 0 Å². The minimum atomic E-state index is -1.54. The van der Waals surface area contributed by atoms with Crippen LogP contribution in [0.1, 0.15) is 219 Å². The van der Waals surface area contributed by atoms with Gasteiger partial charge in [-0.1, -0.05) is 202 Å².